The van der Waals surface area contributed by atoms with Crippen LogP contribution in [-0.4, -0.2) is 24.6 Å². The molecule has 6 heteroatoms. The first-order valence-corrected chi connectivity index (χ1v) is 10.9. The Bertz CT molecular complexity index is 904. The van der Waals surface area contributed by atoms with Crippen LogP contribution in [0.2, 0.25) is 0 Å². The van der Waals surface area contributed by atoms with Crippen LogP contribution in [0.1, 0.15) is 60.1 Å². The number of aryl methyl sites for hydroxylation is 2. The highest BCUT2D eigenvalue weighted by Crippen LogP contribution is 2.45. The van der Waals surface area contributed by atoms with E-state index in [1.54, 1.807) is 0 Å². The Morgan fingerprint density at radius 1 is 1.03 bits per heavy atom. The summed E-state index contributed by atoms with van der Waals surface area (Å²) >= 11 is 0. The first kappa shape index (κ1) is 22.7. The van der Waals surface area contributed by atoms with Gasteiger partial charge >= 0.3 is 0 Å². The third-order valence-corrected chi connectivity index (χ3v) is 6.20. The van der Waals surface area contributed by atoms with Crippen LogP contribution in [0.25, 0.3) is 0 Å². The number of carbonyl (C=O) groups is 2. The van der Waals surface area contributed by atoms with Crippen LogP contribution in [0, 0.1) is 5.41 Å². The van der Waals surface area contributed by atoms with Crippen molar-refractivity contribution < 1.29 is 9.59 Å². The lowest BCUT2D eigenvalue weighted by atomic mass is 9.65. The monoisotopic (exact) mass is 420 g/mol. The summed E-state index contributed by atoms with van der Waals surface area (Å²) in [5.41, 5.74) is 13.2. The largest absolute Gasteiger partial charge is 0.355 e. The van der Waals surface area contributed by atoms with Crippen molar-refractivity contribution in [1.29, 1.82) is 5.41 Å². The molecule has 31 heavy (non-hydrogen) atoms. The first-order valence-electron chi connectivity index (χ1n) is 10.9. The van der Waals surface area contributed by atoms with E-state index in [9.17, 15) is 9.59 Å². The Balaban J connectivity index is 2.22. The molecule has 0 heterocycles. The molecule has 164 valence electrons. The molecular formula is C25H32N4O2. The predicted octanol–water partition coefficient (Wildman–Crippen LogP) is 2.73. The maximum atomic E-state index is 10.8. The Labute approximate surface area is 184 Å². The molecule has 0 fully saturated rings. The Morgan fingerprint density at radius 2 is 1.52 bits per heavy atom. The van der Waals surface area contributed by atoms with E-state index in [1.165, 1.54) is 11.1 Å². The second kappa shape index (κ2) is 9.88. The second-order valence-electron chi connectivity index (χ2n) is 8.40. The highest BCUT2D eigenvalue weighted by atomic mass is 16.1. The predicted molar refractivity (Wildman–Crippen MR) is 123 cm³/mol. The molecule has 0 aromatic heterocycles. The number of benzene rings is 2. The minimum Gasteiger partial charge on any atom is -0.355 e. The summed E-state index contributed by atoms with van der Waals surface area (Å²) in [5.74, 6) is 0. The minimum atomic E-state index is -0.586. The standard InChI is InChI=1S/C25H32N4O2/c1-3-24(27)25(12-17(2)26)22-8-4-18(13-28-15-30)10-20(22)6-7-21-11-19(14-29-16-31)5-9-23(21)25/h4-5,8-11,15-17,27H,3,6-7,12-14,26H2,1-2H3,(H,28,30)(H,29,31)/t17-/m0/s1. The van der Waals surface area contributed by atoms with Gasteiger partial charge in [-0.3, -0.25) is 9.59 Å². The molecule has 0 spiro atoms. The van der Waals surface area contributed by atoms with Gasteiger partial charge in [0, 0.05) is 24.8 Å². The summed E-state index contributed by atoms with van der Waals surface area (Å²) in [6, 6.07) is 12.6. The molecule has 0 unspecified atom stereocenters. The van der Waals surface area contributed by atoms with Gasteiger partial charge in [-0.2, -0.15) is 0 Å². The van der Waals surface area contributed by atoms with E-state index in [0.717, 1.165) is 35.1 Å². The third-order valence-electron chi connectivity index (χ3n) is 6.20. The van der Waals surface area contributed by atoms with Crippen molar-refractivity contribution in [1.82, 2.24) is 10.6 Å². The molecule has 0 saturated heterocycles. The summed E-state index contributed by atoms with van der Waals surface area (Å²) in [7, 11) is 0. The van der Waals surface area contributed by atoms with Crippen molar-refractivity contribution in [2.45, 2.75) is 64.1 Å². The van der Waals surface area contributed by atoms with E-state index in [2.05, 4.69) is 34.9 Å². The Hall–Kier alpha value is -2.99. The lowest BCUT2D eigenvalue weighted by molar-refractivity contribution is -0.110. The van der Waals surface area contributed by atoms with Gasteiger partial charge in [-0.25, -0.2) is 0 Å². The van der Waals surface area contributed by atoms with E-state index in [1.807, 2.05) is 26.0 Å². The number of fused-ring (bicyclic) bond motifs is 2. The molecule has 1 aliphatic rings. The summed E-state index contributed by atoms with van der Waals surface area (Å²) in [6.07, 6.45) is 4.40. The number of nitrogens with two attached hydrogens (primary N) is 1. The average Bonchev–Trinajstić information content (AvgIpc) is 2.90. The lowest BCUT2D eigenvalue weighted by Gasteiger charge is -2.39. The zero-order valence-electron chi connectivity index (χ0n) is 18.3. The molecule has 0 radical (unpaired) electrons. The van der Waals surface area contributed by atoms with Crippen LogP contribution in [0.15, 0.2) is 36.4 Å². The van der Waals surface area contributed by atoms with E-state index >= 15 is 0 Å². The second-order valence-corrected chi connectivity index (χ2v) is 8.40. The Kier molecular flexibility index (Phi) is 7.23. The van der Waals surface area contributed by atoms with E-state index in [0.29, 0.717) is 44.5 Å². The van der Waals surface area contributed by atoms with Gasteiger partial charge in [-0.05, 0) is 66.0 Å². The summed E-state index contributed by atoms with van der Waals surface area (Å²) in [5, 5.41) is 14.6. The molecule has 6 nitrogen and oxygen atoms in total. The van der Waals surface area contributed by atoms with E-state index < -0.39 is 5.41 Å². The minimum absolute atomic E-state index is 0.0847. The van der Waals surface area contributed by atoms with Gasteiger partial charge in [-0.1, -0.05) is 43.3 Å². The molecule has 1 atom stereocenters. The van der Waals surface area contributed by atoms with Gasteiger partial charge in [-0.15, -0.1) is 0 Å². The zero-order valence-corrected chi connectivity index (χ0v) is 18.3. The van der Waals surface area contributed by atoms with Gasteiger partial charge in [0.15, 0.2) is 0 Å². The van der Waals surface area contributed by atoms with Crippen molar-refractivity contribution in [3.8, 4) is 0 Å². The van der Waals surface area contributed by atoms with Crippen molar-refractivity contribution in [3.05, 3.63) is 69.8 Å². The normalized spacial score (nSPS) is 15.1. The molecule has 2 amide bonds. The van der Waals surface area contributed by atoms with Gasteiger partial charge in [0.25, 0.3) is 0 Å². The van der Waals surface area contributed by atoms with Crippen LogP contribution >= 0.6 is 0 Å². The summed E-state index contributed by atoms with van der Waals surface area (Å²) in [6.45, 7) is 4.99. The molecular weight excluding hydrogens is 388 g/mol. The fourth-order valence-electron chi connectivity index (χ4n) is 4.95. The molecule has 0 aliphatic heterocycles. The fraction of sp³-hybridized carbons (Fsp3) is 0.400. The van der Waals surface area contributed by atoms with Crippen molar-refractivity contribution in [2.75, 3.05) is 0 Å². The van der Waals surface area contributed by atoms with Crippen LogP contribution in [0.4, 0.5) is 0 Å². The van der Waals surface area contributed by atoms with E-state index in [-0.39, 0.29) is 6.04 Å². The van der Waals surface area contributed by atoms with Gasteiger partial charge < -0.3 is 21.8 Å². The van der Waals surface area contributed by atoms with Crippen LogP contribution in [0.5, 0.6) is 0 Å². The van der Waals surface area contributed by atoms with Gasteiger partial charge in [0.1, 0.15) is 0 Å². The average molecular weight is 421 g/mol. The number of nitrogens with one attached hydrogen (secondary N) is 3. The number of carbonyl (C=O) groups excluding carboxylic acids is 2. The maximum Gasteiger partial charge on any atom is 0.207 e. The number of hydrogen-bond acceptors (Lipinski definition) is 4. The molecule has 5 N–H and O–H groups in total. The maximum absolute atomic E-state index is 10.8. The van der Waals surface area contributed by atoms with Crippen LogP contribution < -0.4 is 16.4 Å². The molecule has 0 bridgehead atoms. The summed E-state index contributed by atoms with van der Waals surface area (Å²) in [4.78, 5) is 21.5. The van der Waals surface area contributed by atoms with Gasteiger partial charge in [0.2, 0.25) is 12.8 Å². The Morgan fingerprint density at radius 3 is 1.90 bits per heavy atom. The van der Waals surface area contributed by atoms with Crippen LogP contribution in [-0.2, 0) is 40.9 Å². The summed E-state index contributed by atoms with van der Waals surface area (Å²) < 4.78 is 0. The first-order chi connectivity index (χ1) is 15.0. The lowest BCUT2D eigenvalue weighted by Crippen LogP contribution is -2.42. The fourth-order valence-corrected chi connectivity index (χ4v) is 4.95. The van der Waals surface area contributed by atoms with Gasteiger partial charge in [0.05, 0.1) is 5.41 Å². The SMILES string of the molecule is CCC(=N)C1(C[C@H](C)N)c2ccc(CNC=O)cc2CCc2cc(CNC=O)ccc21. The zero-order chi connectivity index (χ0) is 22.4. The molecule has 3 rings (SSSR count). The number of hydrogen-bond donors (Lipinski definition) is 4. The van der Waals surface area contributed by atoms with Crippen molar-refractivity contribution in [3.63, 3.8) is 0 Å². The highest BCUT2D eigenvalue weighted by Gasteiger charge is 2.42. The molecule has 0 saturated carbocycles. The van der Waals surface area contributed by atoms with Crippen LogP contribution in [0.3, 0.4) is 0 Å². The molecule has 2 aromatic rings. The third kappa shape index (κ3) is 4.54. The van der Waals surface area contributed by atoms with Crippen molar-refractivity contribution >= 4 is 18.5 Å². The molecule has 2 aromatic carbocycles. The number of rotatable bonds is 10. The smallest absolute Gasteiger partial charge is 0.207 e. The molecule has 1 aliphatic carbocycles. The highest BCUT2D eigenvalue weighted by molar-refractivity contribution is 5.97. The quantitative estimate of drug-likeness (QED) is 0.350. The van der Waals surface area contributed by atoms with E-state index in [4.69, 9.17) is 11.1 Å². The topological polar surface area (TPSA) is 108 Å². The van der Waals surface area contributed by atoms with Crippen molar-refractivity contribution in [2.24, 2.45) is 5.73 Å². The number of amides is 2.